The average Bonchev–Trinajstić information content (AvgIpc) is 3.18. The number of aromatic amines is 1. The van der Waals surface area contributed by atoms with E-state index in [1.54, 1.807) is 14.2 Å². The standard InChI is InChI=1S/C25H32N2O2/c1-28-24-16-22-21(18-26-23(22)17-25(24)29-2)10-6-7-13-27-14-11-20(12-15-27)19-8-4-3-5-9-19/h3-5,8-9,16-18,20,26H,6-7,10-15H2,1-2H3. The zero-order valence-corrected chi connectivity index (χ0v) is 17.6. The summed E-state index contributed by atoms with van der Waals surface area (Å²) in [5.74, 6) is 2.31. The third kappa shape index (κ3) is 4.59. The second-order valence-electron chi connectivity index (χ2n) is 8.05. The lowest BCUT2D eigenvalue weighted by Gasteiger charge is -2.32. The van der Waals surface area contributed by atoms with Crippen LogP contribution < -0.4 is 9.47 Å². The molecule has 0 bridgehead atoms. The zero-order chi connectivity index (χ0) is 20.1. The van der Waals surface area contributed by atoms with Crippen molar-refractivity contribution in [3.8, 4) is 11.5 Å². The van der Waals surface area contributed by atoms with Gasteiger partial charge in [-0.25, -0.2) is 0 Å². The van der Waals surface area contributed by atoms with E-state index in [9.17, 15) is 0 Å². The van der Waals surface area contributed by atoms with E-state index < -0.39 is 0 Å². The predicted molar refractivity (Wildman–Crippen MR) is 119 cm³/mol. The van der Waals surface area contributed by atoms with Gasteiger partial charge in [-0.15, -0.1) is 0 Å². The predicted octanol–water partition coefficient (Wildman–Crippen LogP) is 5.39. The maximum absolute atomic E-state index is 5.47. The highest BCUT2D eigenvalue weighted by molar-refractivity contribution is 5.86. The minimum absolute atomic E-state index is 0.741. The Bertz CT molecular complexity index is 911. The normalized spacial score (nSPS) is 15.7. The van der Waals surface area contributed by atoms with Crippen molar-refractivity contribution >= 4 is 10.9 Å². The first kappa shape index (κ1) is 19.8. The SMILES string of the molecule is COc1cc2[nH]cc(CCCCN3CCC(c4ccccc4)CC3)c2cc1OC. The number of nitrogens with one attached hydrogen (secondary N) is 1. The number of aryl methyl sites for hydroxylation is 1. The summed E-state index contributed by atoms with van der Waals surface area (Å²) in [5.41, 5.74) is 3.99. The number of piperidine rings is 1. The number of hydrogen-bond donors (Lipinski definition) is 1. The molecule has 0 saturated carbocycles. The van der Waals surface area contributed by atoms with Crippen LogP contribution in [-0.4, -0.2) is 43.7 Å². The molecule has 0 unspecified atom stereocenters. The van der Waals surface area contributed by atoms with E-state index in [1.165, 1.54) is 61.8 Å². The summed E-state index contributed by atoms with van der Waals surface area (Å²) < 4.78 is 10.9. The van der Waals surface area contributed by atoms with Crippen molar-refractivity contribution in [2.24, 2.45) is 0 Å². The van der Waals surface area contributed by atoms with Crippen LogP contribution in [0, 0.1) is 0 Å². The molecule has 0 spiro atoms. The first-order valence-corrected chi connectivity index (χ1v) is 10.8. The fourth-order valence-electron chi connectivity index (χ4n) is 4.58. The molecule has 0 aliphatic carbocycles. The topological polar surface area (TPSA) is 37.5 Å². The number of H-pyrrole nitrogens is 1. The van der Waals surface area contributed by atoms with Crippen molar-refractivity contribution in [2.45, 2.75) is 38.0 Å². The molecule has 0 radical (unpaired) electrons. The van der Waals surface area contributed by atoms with Gasteiger partial charge in [-0.1, -0.05) is 30.3 Å². The highest BCUT2D eigenvalue weighted by Gasteiger charge is 2.20. The lowest BCUT2D eigenvalue weighted by Crippen LogP contribution is -2.33. The minimum atomic E-state index is 0.741. The van der Waals surface area contributed by atoms with Gasteiger partial charge in [0.1, 0.15) is 0 Å². The van der Waals surface area contributed by atoms with Crippen molar-refractivity contribution in [3.63, 3.8) is 0 Å². The van der Waals surface area contributed by atoms with Crippen LogP contribution in [0.3, 0.4) is 0 Å². The molecule has 0 atom stereocenters. The first-order valence-electron chi connectivity index (χ1n) is 10.8. The third-order valence-electron chi connectivity index (χ3n) is 6.30. The summed E-state index contributed by atoms with van der Waals surface area (Å²) in [4.78, 5) is 6.02. The van der Waals surface area contributed by atoms with Gasteiger partial charge in [-0.05, 0) is 74.8 Å². The Morgan fingerprint density at radius 1 is 0.966 bits per heavy atom. The minimum Gasteiger partial charge on any atom is -0.493 e. The molecule has 2 aromatic carbocycles. The highest BCUT2D eigenvalue weighted by Crippen LogP contribution is 2.34. The van der Waals surface area contributed by atoms with Crippen molar-refractivity contribution in [1.82, 2.24) is 9.88 Å². The summed E-state index contributed by atoms with van der Waals surface area (Å²) in [6.45, 7) is 3.66. The van der Waals surface area contributed by atoms with E-state index in [0.717, 1.165) is 29.4 Å². The lowest BCUT2D eigenvalue weighted by molar-refractivity contribution is 0.209. The molecule has 1 fully saturated rings. The summed E-state index contributed by atoms with van der Waals surface area (Å²) in [5, 5.41) is 1.24. The number of benzene rings is 2. The van der Waals surface area contributed by atoms with Crippen LogP contribution in [0.25, 0.3) is 10.9 Å². The number of rotatable bonds is 8. The smallest absolute Gasteiger partial charge is 0.162 e. The van der Waals surface area contributed by atoms with Crippen LogP contribution in [0.5, 0.6) is 11.5 Å². The van der Waals surface area contributed by atoms with Gasteiger partial charge in [-0.3, -0.25) is 0 Å². The van der Waals surface area contributed by atoms with Gasteiger partial charge < -0.3 is 19.4 Å². The average molecular weight is 393 g/mol. The fourth-order valence-corrected chi connectivity index (χ4v) is 4.58. The maximum Gasteiger partial charge on any atom is 0.162 e. The van der Waals surface area contributed by atoms with Gasteiger partial charge in [0.25, 0.3) is 0 Å². The molecule has 1 N–H and O–H groups in total. The van der Waals surface area contributed by atoms with Crippen molar-refractivity contribution < 1.29 is 9.47 Å². The fraction of sp³-hybridized carbons (Fsp3) is 0.440. The van der Waals surface area contributed by atoms with E-state index >= 15 is 0 Å². The Morgan fingerprint density at radius 3 is 2.41 bits per heavy atom. The largest absolute Gasteiger partial charge is 0.493 e. The molecule has 4 rings (SSSR count). The Kier molecular flexibility index (Phi) is 6.40. The van der Waals surface area contributed by atoms with E-state index in [-0.39, 0.29) is 0 Å². The lowest BCUT2D eigenvalue weighted by atomic mass is 9.89. The molecule has 0 amide bonds. The van der Waals surface area contributed by atoms with Crippen LogP contribution in [0.4, 0.5) is 0 Å². The Morgan fingerprint density at radius 2 is 1.69 bits per heavy atom. The third-order valence-corrected chi connectivity index (χ3v) is 6.30. The van der Waals surface area contributed by atoms with Gasteiger partial charge in [0, 0.05) is 23.2 Å². The molecule has 2 heterocycles. The molecule has 154 valence electrons. The Hall–Kier alpha value is -2.46. The van der Waals surface area contributed by atoms with E-state index in [1.807, 2.05) is 6.07 Å². The number of ether oxygens (including phenoxy) is 2. The van der Waals surface area contributed by atoms with E-state index in [0.29, 0.717) is 0 Å². The zero-order valence-electron chi connectivity index (χ0n) is 17.6. The second-order valence-corrected chi connectivity index (χ2v) is 8.05. The summed E-state index contributed by atoms with van der Waals surface area (Å²) in [6, 6.07) is 15.1. The Balaban J connectivity index is 1.25. The maximum atomic E-state index is 5.47. The number of aromatic nitrogens is 1. The summed E-state index contributed by atoms with van der Waals surface area (Å²) in [7, 11) is 3.37. The van der Waals surface area contributed by atoms with Crippen LogP contribution >= 0.6 is 0 Å². The van der Waals surface area contributed by atoms with Crippen LogP contribution in [-0.2, 0) is 6.42 Å². The van der Waals surface area contributed by atoms with Gasteiger partial charge in [0.15, 0.2) is 11.5 Å². The van der Waals surface area contributed by atoms with Gasteiger partial charge >= 0.3 is 0 Å². The molecule has 29 heavy (non-hydrogen) atoms. The summed E-state index contributed by atoms with van der Waals surface area (Å²) >= 11 is 0. The molecular formula is C25H32N2O2. The number of fused-ring (bicyclic) bond motifs is 1. The number of hydrogen-bond acceptors (Lipinski definition) is 3. The molecular weight excluding hydrogens is 360 g/mol. The molecule has 1 aliphatic rings. The number of likely N-dealkylation sites (tertiary alicyclic amines) is 1. The monoisotopic (exact) mass is 392 g/mol. The number of nitrogens with zero attached hydrogens (tertiary/aromatic N) is 1. The van der Waals surface area contributed by atoms with Gasteiger partial charge in [-0.2, -0.15) is 0 Å². The van der Waals surface area contributed by atoms with Crippen molar-refractivity contribution in [1.29, 1.82) is 0 Å². The molecule has 3 aromatic rings. The first-order chi connectivity index (χ1) is 14.3. The number of methoxy groups -OCH3 is 2. The molecule has 1 saturated heterocycles. The van der Waals surface area contributed by atoms with Crippen LogP contribution in [0.15, 0.2) is 48.7 Å². The van der Waals surface area contributed by atoms with Gasteiger partial charge in [0.05, 0.1) is 14.2 Å². The quantitative estimate of drug-likeness (QED) is 0.523. The van der Waals surface area contributed by atoms with E-state index in [2.05, 4.69) is 52.5 Å². The van der Waals surface area contributed by atoms with Gasteiger partial charge in [0.2, 0.25) is 0 Å². The van der Waals surface area contributed by atoms with Crippen LogP contribution in [0.1, 0.15) is 42.7 Å². The molecule has 4 heteroatoms. The molecule has 1 aliphatic heterocycles. The molecule has 1 aromatic heterocycles. The van der Waals surface area contributed by atoms with Crippen LogP contribution in [0.2, 0.25) is 0 Å². The number of unbranched alkanes of at least 4 members (excludes halogenated alkanes) is 1. The van der Waals surface area contributed by atoms with Crippen molar-refractivity contribution in [3.05, 3.63) is 59.8 Å². The molecule has 4 nitrogen and oxygen atoms in total. The van der Waals surface area contributed by atoms with Crippen molar-refractivity contribution in [2.75, 3.05) is 33.9 Å². The summed E-state index contributed by atoms with van der Waals surface area (Å²) in [6.07, 6.45) is 8.25. The Labute approximate surface area is 173 Å². The highest BCUT2D eigenvalue weighted by atomic mass is 16.5. The second kappa shape index (κ2) is 9.36. The van der Waals surface area contributed by atoms with E-state index in [4.69, 9.17) is 9.47 Å².